The van der Waals surface area contributed by atoms with Crippen LogP contribution in [0.2, 0.25) is 5.02 Å². The van der Waals surface area contributed by atoms with Gasteiger partial charge in [-0.2, -0.15) is 5.01 Å². The van der Waals surface area contributed by atoms with Crippen molar-refractivity contribution >= 4 is 62.5 Å². The number of nitrogens with zero attached hydrogens (tertiary/aromatic N) is 2. The minimum Gasteiger partial charge on any atom is -0.463 e. The molecule has 49 heavy (non-hydrogen) atoms. The zero-order valence-corrected chi connectivity index (χ0v) is 28.0. The van der Waals surface area contributed by atoms with Crippen molar-refractivity contribution in [3.05, 3.63) is 129 Å². The van der Waals surface area contributed by atoms with Crippen LogP contribution in [0.5, 0.6) is 0 Å². The second-order valence-electron chi connectivity index (χ2n) is 12.8. The van der Waals surface area contributed by atoms with Gasteiger partial charge in [-0.1, -0.05) is 51.3 Å². The van der Waals surface area contributed by atoms with Crippen molar-refractivity contribution in [2.45, 2.75) is 30.8 Å². The molecule has 3 aromatic carbocycles. The van der Waals surface area contributed by atoms with Crippen LogP contribution in [0.1, 0.15) is 35.8 Å². The molecular formula is C37H28BrClFN3O6. The molecule has 6 atom stereocenters. The lowest BCUT2D eigenvalue weighted by atomic mass is 9.50. The number of carbonyl (C=O) groups excluding carboxylic acids is 4. The van der Waals surface area contributed by atoms with Gasteiger partial charge in [-0.3, -0.25) is 29.5 Å². The standard InChI is InChI=1S/C37H28BrClFN3O6/c38-20-3-11-24(12-4-20)42-33(45)27-15-14-26-28(31(27)35(42)47)17-29-34(46)43(41-23-9-7-22(40)8-10-23)36(48)37(29,19-1-5-21(39)6-2-19)32(26)30-16-13-25(18-44)49-30/h1-14,16,27-29,31-32,41,44H,15,17-18H2. The Morgan fingerprint density at radius 2 is 1.61 bits per heavy atom. The molecular weight excluding hydrogens is 717 g/mol. The molecule has 2 aliphatic heterocycles. The summed E-state index contributed by atoms with van der Waals surface area (Å²) >= 11 is 9.72. The van der Waals surface area contributed by atoms with E-state index in [0.29, 0.717) is 27.7 Å². The second kappa shape index (κ2) is 11.8. The highest BCUT2D eigenvalue weighted by Crippen LogP contribution is 2.64. The van der Waals surface area contributed by atoms with Crippen LogP contribution in [-0.2, 0) is 31.2 Å². The highest BCUT2D eigenvalue weighted by molar-refractivity contribution is 9.10. The van der Waals surface area contributed by atoms with Gasteiger partial charge < -0.3 is 9.52 Å². The van der Waals surface area contributed by atoms with Crippen LogP contribution in [-0.4, -0.2) is 33.7 Å². The Balaban J connectivity index is 1.31. The highest BCUT2D eigenvalue weighted by Gasteiger charge is 2.71. The fourth-order valence-electron chi connectivity index (χ4n) is 8.44. The molecule has 3 fully saturated rings. The Kier molecular flexibility index (Phi) is 7.62. The van der Waals surface area contributed by atoms with E-state index in [9.17, 15) is 23.9 Å². The molecule has 0 radical (unpaired) electrons. The summed E-state index contributed by atoms with van der Waals surface area (Å²) in [5, 5.41) is 11.4. The number of hydrazine groups is 1. The Hall–Kier alpha value is -4.58. The van der Waals surface area contributed by atoms with Gasteiger partial charge in [0.25, 0.3) is 11.8 Å². The van der Waals surface area contributed by atoms with Crippen LogP contribution in [0.4, 0.5) is 15.8 Å². The predicted octanol–water partition coefficient (Wildman–Crippen LogP) is 6.52. The van der Waals surface area contributed by atoms with Gasteiger partial charge in [-0.05, 0) is 97.1 Å². The number of halogens is 3. The van der Waals surface area contributed by atoms with Crippen molar-refractivity contribution in [1.29, 1.82) is 0 Å². The molecule has 8 rings (SSSR count). The molecule has 0 bridgehead atoms. The summed E-state index contributed by atoms with van der Waals surface area (Å²) in [5.41, 5.74) is 3.36. The summed E-state index contributed by atoms with van der Waals surface area (Å²) in [4.78, 5) is 59.1. The quantitative estimate of drug-likeness (QED) is 0.171. The number of nitrogens with one attached hydrogen (secondary N) is 1. The maximum Gasteiger partial charge on any atom is 0.260 e. The average Bonchev–Trinajstić information content (AvgIpc) is 3.74. The van der Waals surface area contributed by atoms with Crippen LogP contribution in [0.3, 0.4) is 0 Å². The first-order valence-electron chi connectivity index (χ1n) is 15.8. The van der Waals surface area contributed by atoms with Gasteiger partial charge in [0.1, 0.15) is 29.4 Å². The summed E-state index contributed by atoms with van der Waals surface area (Å²) in [7, 11) is 0. The predicted molar refractivity (Wildman–Crippen MR) is 180 cm³/mol. The third-order valence-corrected chi connectivity index (χ3v) is 11.2. The summed E-state index contributed by atoms with van der Waals surface area (Å²) in [6.07, 6.45) is 2.27. The number of carbonyl (C=O) groups is 4. The van der Waals surface area contributed by atoms with E-state index < -0.39 is 59.2 Å². The molecule has 3 heterocycles. The molecule has 12 heteroatoms. The van der Waals surface area contributed by atoms with Crippen molar-refractivity contribution in [3.8, 4) is 0 Å². The number of amides is 4. The molecule has 6 unspecified atom stereocenters. The number of aliphatic hydroxyl groups excluding tert-OH is 1. The Labute approximate surface area is 293 Å². The molecule has 9 nitrogen and oxygen atoms in total. The number of furan rings is 1. The Morgan fingerprint density at radius 3 is 2.29 bits per heavy atom. The van der Waals surface area contributed by atoms with Gasteiger partial charge in [0.05, 0.1) is 35.0 Å². The zero-order valence-electron chi connectivity index (χ0n) is 25.7. The first-order valence-corrected chi connectivity index (χ1v) is 17.0. The van der Waals surface area contributed by atoms with E-state index in [1.54, 1.807) is 60.7 Å². The second-order valence-corrected chi connectivity index (χ2v) is 14.2. The number of fused-ring (bicyclic) bond motifs is 4. The van der Waals surface area contributed by atoms with E-state index >= 15 is 4.79 Å². The zero-order chi connectivity index (χ0) is 34.2. The molecule has 2 aliphatic carbocycles. The minimum absolute atomic E-state index is 0.0963. The van der Waals surface area contributed by atoms with Gasteiger partial charge in [0, 0.05) is 9.50 Å². The van der Waals surface area contributed by atoms with Crippen molar-refractivity contribution in [2.75, 3.05) is 10.3 Å². The first-order chi connectivity index (χ1) is 23.6. The van der Waals surface area contributed by atoms with Gasteiger partial charge in [-0.15, -0.1) is 0 Å². The molecule has 2 saturated heterocycles. The smallest absolute Gasteiger partial charge is 0.260 e. The molecule has 1 aromatic heterocycles. The van der Waals surface area contributed by atoms with E-state index in [2.05, 4.69) is 21.4 Å². The van der Waals surface area contributed by atoms with E-state index in [1.807, 2.05) is 6.08 Å². The molecule has 1 saturated carbocycles. The summed E-state index contributed by atoms with van der Waals surface area (Å²) < 4.78 is 20.8. The molecule has 248 valence electrons. The topological polar surface area (TPSA) is 120 Å². The Bertz CT molecular complexity index is 2050. The molecule has 4 aromatic rings. The van der Waals surface area contributed by atoms with Gasteiger partial charge in [-0.25, -0.2) is 4.39 Å². The maximum atomic E-state index is 15.1. The van der Waals surface area contributed by atoms with E-state index in [4.69, 9.17) is 16.0 Å². The molecule has 4 aliphatic rings. The lowest BCUT2D eigenvalue weighted by Crippen LogP contribution is -2.53. The van der Waals surface area contributed by atoms with Gasteiger partial charge in [0.2, 0.25) is 11.8 Å². The van der Waals surface area contributed by atoms with Crippen LogP contribution < -0.4 is 10.3 Å². The summed E-state index contributed by atoms with van der Waals surface area (Å²) in [5.74, 6) is -5.57. The maximum absolute atomic E-state index is 15.1. The highest BCUT2D eigenvalue weighted by atomic mass is 79.9. The fourth-order valence-corrected chi connectivity index (χ4v) is 8.83. The van der Waals surface area contributed by atoms with Crippen molar-refractivity contribution in [1.82, 2.24) is 5.01 Å². The number of imide groups is 2. The number of rotatable bonds is 6. The van der Waals surface area contributed by atoms with Crippen molar-refractivity contribution in [3.63, 3.8) is 0 Å². The van der Waals surface area contributed by atoms with Gasteiger partial charge >= 0.3 is 0 Å². The third kappa shape index (κ3) is 4.74. The lowest BCUT2D eigenvalue weighted by Gasteiger charge is -2.49. The van der Waals surface area contributed by atoms with Crippen molar-refractivity contribution < 1.29 is 33.1 Å². The van der Waals surface area contributed by atoms with E-state index in [1.165, 1.54) is 29.2 Å². The largest absolute Gasteiger partial charge is 0.463 e. The number of benzene rings is 3. The Morgan fingerprint density at radius 1 is 0.898 bits per heavy atom. The molecule has 0 spiro atoms. The number of hydrogen-bond donors (Lipinski definition) is 2. The van der Waals surface area contributed by atoms with Crippen LogP contribution in [0.25, 0.3) is 0 Å². The minimum atomic E-state index is -1.56. The van der Waals surface area contributed by atoms with E-state index in [-0.39, 0.29) is 30.4 Å². The van der Waals surface area contributed by atoms with Crippen LogP contribution in [0, 0.1) is 29.5 Å². The van der Waals surface area contributed by atoms with Crippen LogP contribution >= 0.6 is 27.5 Å². The van der Waals surface area contributed by atoms with Crippen LogP contribution in [0.15, 0.2) is 105 Å². The number of allylic oxidation sites excluding steroid dienone is 2. The number of aliphatic hydroxyl groups is 1. The van der Waals surface area contributed by atoms with Gasteiger partial charge in [0.15, 0.2) is 0 Å². The number of anilines is 2. The van der Waals surface area contributed by atoms with E-state index in [0.717, 1.165) is 15.1 Å². The number of hydrogen-bond acceptors (Lipinski definition) is 7. The normalized spacial score (nSPS) is 27.6. The lowest BCUT2D eigenvalue weighted by molar-refractivity contribution is -0.138. The molecule has 4 amide bonds. The first kappa shape index (κ1) is 31.7. The third-order valence-electron chi connectivity index (χ3n) is 10.5. The summed E-state index contributed by atoms with van der Waals surface area (Å²) in [6, 6.07) is 22.3. The SMILES string of the molecule is O=C1C2CC3C(=CCC4C(=O)N(c5ccc(Br)cc5)C(=O)C43)C(c3ccc(CO)o3)C2(c2ccc(Cl)cc2)C(=O)N1Nc1ccc(F)cc1. The molecule has 2 N–H and O–H groups in total. The van der Waals surface area contributed by atoms with Crippen molar-refractivity contribution in [2.24, 2.45) is 23.7 Å². The summed E-state index contributed by atoms with van der Waals surface area (Å²) in [6.45, 7) is -0.391. The monoisotopic (exact) mass is 743 g/mol. The fraction of sp³-hybridized carbons (Fsp3) is 0.243. The average molecular weight is 745 g/mol.